The van der Waals surface area contributed by atoms with Gasteiger partial charge in [-0.1, -0.05) is 12.1 Å². The summed E-state index contributed by atoms with van der Waals surface area (Å²) in [5, 5.41) is 20.7. The van der Waals surface area contributed by atoms with Crippen LogP contribution in [0.2, 0.25) is 0 Å². The van der Waals surface area contributed by atoms with Crippen molar-refractivity contribution in [2.45, 2.75) is 38.9 Å². The highest BCUT2D eigenvalue weighted by atomic mass is 16.5. The molecule has 0 bridgehead atoms. The maximum absolute atomic E-state index is 10.4. The molecule has 0 fully saturated rings. The molecule has 1 rings (SSSR count). The fraction of sp³-hybridized carbons (Fsp3) is 0.500. The van der Waals surface area contributed by atoms with Gasteiger partial charge in [-0.2, -0.15) is 0 Å². The smallest absolute Gasteiger partial charge is 0.131 e. The third-order valence-corrected chi connectivity index (χ3v) is 2.99. The van der Waals surface area contributed by atoms with E-state index in [1.165, 1.54) is 7.11 Å². The van der Waals surface area contributed by atoms with Crippen molar-refractivity contribution >= 4 is 5.76 Å². The van der Waals surface area contributed by atoms with Crippen molar-refractivity contribution in [1.82, 2.24) is 0 Å². The topological polar surface area (TPSA) is 58.9 Å². The third kappa shape index (κ3) is 3.74. The number of methoxy groups -OCH3 is 2. The lowest BCUT2D eigenvalue weighted by Crippen LogP contribution is -2.38. The molecule has 0 heterocycles. The maximum Gasteiger partial charge on any atom is 0.131 e. The second kappa shape index (κ2) is 5.85. The Morgan fingerprint density at radius 2 is 1.55 bits per heavy atom. The van der Waals surface area contributed by atoms with Gasteiger partial charge in [-0.15, -0.1) is 0 Å². The molecule has 0 atom stereocenters. The minimum Gasteiger partial charge on any atom is -0.497 e. The summed E-state index contributed by atoms with van der Waals surface area (Å²) in [5.41, 5.74) is -1.27. The Labute approximate surface area is 120 Å². The van der Waals surface area contributed by atoms with Crippen molar-refractivity contribution in [3.63, 3.8) is 0 Å². The normalized spacial score (nSPS) is 12.0. The molecule has 0 aliphatic rings. The first-order valence-electron chi connectivity index (χ1n) is 6.49. The van der Waals surface area contributed by atoms with Crippen LogP contribution in [0.15, 0.2) is 29.8 Å². The number of rotatable bonds is 5. The quantitative estimate of drug-likeness (QED) is 0.814. The zero-order valence-electron chi connectivity index (χ0n) is 13.0. The van der Waals surface area contributed by atoms with Crippen LogP contribution >= 0.6 is 0 Å². The van der Waals surface area contributed by atoms with Crippen molar-refractivity contribution < 1.29 is 19.7 Å². The van der Waals surface area contributed by atoms with E-state index in [0.29, 0.717) is 17.1 Å². The molecule has 112 valence electrons. The molecule has 4 heteroatoms. The summed E-state index contributed by atoms with van der Waals surface area (Å²) < 4.78 is 10.7. The molecule has 0 aromatic heterocycles. The van der Waals surface area contributed by atoms with Crippen LogP contribution in [-0.2, 0) is 4.74 Å². The highest BCUT2D eigenvalue weighted by Crippen LogP contribution is 2.35. The largest absolute Gasteiger partial charge is 0.497 e. The average molecular weight is 280 g/mol. The standard InChI is InChI=1S/C16H24O4/c1-15(2,17)14(16(3,4)18)13(20-6)11-8-7-9-12(10-11)19-5/h7-10,17-18H,1-6H3. The van der Waals surface area contributed by atoms with Crippen molar-refractivity contribution in [3.05, 3.63) is 35.4 Å². The molecule has 0 radical (unpaired) electrons. The second-order valence-electron chi connectivity index (χ2n) is 5.76. The number of benzene rings is 1. The van der Waals surface area contributed by atoms with E-state index in [9.17, 15) is 10.2 Å². The maximum atomic E-state index is 10.4. The molecule has 0 aliphatic carbocycles. The lowest BCUT2D eigenvalue weighted by atomic mass is 9.83. The Kier molecular flexibility index (Phi) is 4.84. The Hall–Kier alpha value is -1.52. The first-order chi connectivity index (χ1) is 9.11. The van der Waals surface area contributed by atoms with Gasteiger partial charge in [0, 0.05) is 11.1 Å². The molecule has 2 N–H and O–H groups in total. The monoisotopic (exact) mass is 280 g/mol. The van der Waals surface area contributed by atoms with Crippen LogP contribution in [0.1, 0.15) is 33.3 Å². The Morgan fingerprint density at radius 1 is 1.00 bits per heavy atom. The summed E-state index contributed by atoms with van der Waals surface area (Å²) in [4.78, 5) is 0. The van der Waals surface area contributed by atoms with Crippen LogP contribution in [0.4, 0.5) is 0 Å². The zero-order chi connectivity index (χ0) is 15.6. The zero-order valence-corrected chi connectivity index (χ0v) is 13.0. The fourth-order valence-corrected chi connectivity index (χ4v) is 2.43. The van der Waals surface area contributed by atoms with Gasteiger partial charge in [0.05, 0.1) is 25.4 Å². The molecule has 1 aromatic rings. The van der Waals surface area contributed by atoms with Gasteiger partial charge in [-0.05, 0) is 39.8 Å². The van der Waals surface area contributed by atoms with Crippen LogP contribution in [0.3, 0.4) is 0 Å². The summed E-state index contributed by atoms with van der Waals surface area (Å²) in [6.45, 7) is 6.50. The van der Waals surface area contributed by atoms with Crippen LogP contribution in [0.5, 0.6) is 5.75 Å². The fourth-order valence-electron chi connectivity index (χ4n) is 2.43. The van der Waals surface area contributed by atoms with Crippen molar-refractivity contribution in [2.75, 3.05) is 14.2 Å². The van der Waals surface area contributed by atoms with E-state index in [-0.39, 0.29) is 0 Å². The van der Waals surface area contributed by atoms with Crippen molar-refractivity contribution in [1.29, 1.82) is 0 Å². The first kappa shape index (κ1) is 16.5. The Morgan fingerprint density at radius 3 is 1.95 bits per heavy atom. The predicted octanol–water partition coefficient (Wildman–Crippen LogP) is 2.59. The van der Waals surface area contributed by atoms with E-state index in [1.54, 1.807) is 40.9 Å². The number of ether oxygens (including phenoxy) is 2. The summed E-state index contributed by atoms with van der Waals surface area (Å²) in [6.07, 6.45) is 0. The molecule has 0 aliphatic heterocycles. The number of hydrogen-bond donors (Lipinski definition) is 2. The van der Waals surface area contributed by atoms with Gasteiger partial charge in [0.15, 0.2) is 0 Å². The molecule has 0 spiro atoms. The minimum atomic E-state index is -1.22. The van der Waals surface area contributed by atoms with Crippen LogP contribution in [0, 0.1) is 0 Å². The molecule has 20 heavy (non-hydrogen) atoms. The second-order valence-corrected chi connectivity index (χ2v) is 5.76. The van der Waals surface area contributed by atoms with E-state index in [4.69, 9.17) is 9.47 Å². The summed E-state index contributed by atoms with van der Waals surface area (Å²) in [6, 6.07) is 7.30. The van der Waals surface area contributed by atoms with Gasteiger partial charge in [0.25, 0.3) is 0 Å². The number of hydrogen-bond acceptors (Lipinski definition) is 4. The molecule has 0 saturated carbocycles. The van der Waals surface area contributed by atoms with Gasteiger partial charge < -0.3 is 19.7 Å². The lowest BCUT2D eigenvalue weighted by Gasteiger charge is -2.33. The van der Waals surface area contributed by atoms with E-state index in [0.717, 1.165) is 5.56 Å². The number of aliphatic hydroxyl groups is 2. The minimum absolute atomic E-state index is 0.417. The molecular formula is C16H24O4. The highest BCUT2D eigenvalue weighted by molar-refractivity contribution is 5.67. The highest BCUT2D eigenvalue weighted by Gasteiger charge is 2.36. The van der Waals surface area contributed by atoms with Gasteiger partial charge in [0.1, 0.15) is 11.5 Å². The van der Waals surface area contributed by atoms with Crippen LogP contribution in [-0.4, -0.2) is 35.6 Å². The summed E-state index contributed by atoms with van der Waals surface area (Å²) >= 11 is 0. The van der Waals surface area contributed by atoms with Crippen LogP contribution < -0.4 is 4.74 Å². The SMILES string of the molecule is COC(=C(C(C)(C)O)C(C)(C)O)c1cccc(OC)c1. The predicted molar refractivity (Wildman–Crippen MR) is 79.5 cm³/mol. The van der Waals surface area contributed by atoms with E-state index >= 15 is 0 Å². The van der Waals surface area contributed by atoms with E-state index in [1.807, 2.05) is 18.2 Å². The summed E-state index contributed by atoms with van der Waals surface area (Å²) in [7, 11) is 3.11. The van der Waals surface area contributed by atoms with E-state index < -0.39 is 11.2 Å². The molecular weight excluding hydrogens is 256 g/mol. The molecule has 0 saturated heterocycles. The van der Waals surface area contributed by atoms with Gasteiger partial charge in [0.2, 0.25) is 0 Å². The Bertz CT molecular complexity index is 474. The molecule has 4 nitrogen and oxygen atoms in total. The van der Waals surface area contributed by atoms with Gasteiger partial charge in [-0.25, -0.2) is 0 Å². The average Bonchev–Trinajstić information content (AvgIpc) is 2.32. The molecule has 0 unspecified atom stereocenters. The van der Waals surface area contributed by atoms with E-state index in [2.05, 4.69) is 0 Å². The van der Waals surface area contributed by atoms with Crippen molar-refractivity contribution in [2.24, 2.45) is 0 Å². The van der Waals surface area contributed by atoms with Gasteiger partial charge >= 0.3 is 0 Å². The van der Waals surface area contributed by atoms with Crippen LogP contribution in [0.25, 0.3) is 5.76 Å². The summed E-state index contributed by atoms with van der Waals surface area (Å²) in [5.74, 6) is 1.13. The lowest BCUT2D eigenvalue weighted by molar-refractivity contribution is 0.0393. The van der Waals surface area contributed by atoms with Crippen molar-refractivity contribution in [3.8, 4) is 5.75 Å². The molecule has 0 amide bonds. The van der Waals surface area contributed by atoms with Gasteiger partial charge in [-0.3, -0.25) is 0 Å². The Balaban J connectivity index is 3.56. The molecule has 1 aromatic carbocycles. The first-order valence-corrected chi connectivity index (χ1v) is 6.49. The third-order valence-electron chi connectivity index (χ3n) is 2.99.